The predicted octanol–water partition coefficient (Wildman–Crippen LogP) is 19.9. The molecule has 2 aliphatic rings. The van der Waals surface area contributed by atoms with Crippen LogP contribution in [-0.2, 0) is 5.41 Å². The number of rotatable bonds is 8. The summed E-state index contributed by atoms with van der Waals surface area (Å²) in [6.07, 6.45) is 0. The molecule has 14 rings (SSSR count). The first-order chi connectivity index (χ1) is 32.2. The maximum Gasteiger partial charge on any atom is 0.0726 e. The van der Waals surface area contributed by atoms with E-state index in [1.54, 1.807) is 0 Å². The first-order valence-corrected chi connectivity index (χ1v) is 28.1. The number of benzene rings is 4. The molecule has 8 heteroatoms. The van der Waals surface area contributed by atoms with Crippen LogP contribution in [0.25, 0.3) is 103 Å². The van der Waals surface area contributed by atoms with Gasteiger partial charge in [0.25, 0.3) is 0 Å². The third kappa shape index (κ3) is 6.13. The lowest BCUT2D eigenvalue weighted by Gasteiger charge is -2.31. The second kappa shape index (κ2) is 15.3. The van der Waals surface area contributed by atoms with E-state index in [9.17, 15) is 0 Å². The molecule has 0 radical (unpaired) electrons. The molecule has 0 saturated heterocycles. The summed E-state index contributed by atoms with van der Waals surface area (Å²) in [4.78, 5) is 15.7. The summed E-state index contributed by atoms with van der Waals surface area (Å²) in [6, 6.07) is 65.4. The van der Waals surface area contributed by atoms with Crippen molar-refractivity contribution < 1.29 is 0 Å². The van der Waals surface area contributed by atoms with Crippen LogP contribution < -0.4 is 0 Å². The average molecular weight is 973 g/mol. The molecule has 308 valence electrons. The van der Waals surface area contributed by atoms with Crippen LogP contribution in [0, 0.1) is 0 Å². The zero-order chi connectivity index (χ0) is 42.6. The molecule has 0 N–H and O–H groups in total. The average Bonchev–Trinajstić information content (AvgIpc) is 4.20. The Kier molecular flexibility index (Phi) is 9.10. The van der Waals surface area contributed by atoms with Gasteiger partial charge in [0.05, 0.1) is 5.41 Å². The molecule has 0 saturated carbocycles. The molecule has 4 aromatic carbocycles. The first kappa shape index (κ1) is 38.7. The van der Waals surface area contributed by atoms with Gasteiger partial charge in [-0.05, 0) is 185 Å². The summed E-state index contributed by atoms with van der Waals surface area (Å²) in [6.45, 7) is 0. The lowest BCUT2D eigenvalue weighted by molar-refractivity contribution is 0.795. The molecule has 12 aromatic rings. The highest BCUT2D eigenvalue weighted by atomic mass is 32.1. The van der Waals surface area contributed by atoms with Gasteiger partial charge in [-0.25, -0.2) is 0 Å². The fourth-order valence-electron chi connectivity index (χ4n) is 10.0. The van der Waals surface area contributed by atoms with Crippen molar-refractivity contribution in [3.05, 3.63) is 214 Å². The molecule has 0 unspecified atom stereocenters. The van der Waals surface area contributed by atoms with Gasteiger partial charge < -0.3 is 0 Å². The Hall–Kier alpha value is -5.52. The van der Waals surface area contributed by atoms with E-state index in [0.717, 1.165) is 0 Å². The van der Waals surface area contributed by atoms with Gasteiger partial charge in [-0.15, -0.1) is 90.7 Å². The lowest BCUT2D eigenvalue weighted by atomic mass is 9.69. The molecule has 2 aliphatic carbocycles. The van der Waals surface area contributed by atoms with Crippen molar-refractivity contribution in [2.24, 2.45) is 0 Å². The van der Waals surface area contributed by atoms with E-state index < -0.39 is 5.41 Å². The predicted molar refractivity (Wildman–Crippen MR) is 289 cm³/mol. The summed E-state index contributed by atoms with van der Waals surface area (Å²) in [7, 11) is 0. The molecular weight excluding hydrogens is 941 g/mol. The Bertz CT molecular complexity index is 3220. The van der Waals surface area contributed by atoms with Crippen molar-refractivity contribution in [2.75, 3.05) is 0 Å². The second-order valence-corrected chi connectivity index (χ2v) is 24.5. The van der Waals surface area contributed by atoms with E-state index in [-0.39, 0.29) is 0 Å². The number of thiophene rings is 8. The Morgan fingerprint density at radius 3 is 0.708 bits per heavy atom. The molecule has 0 atom stereocenters. The zero-order valence-corrected chi connectivity index (χ0v) is 40.8. The second-order valence-electron chi connectivity index (χ2n) is 16.4. The Labute approximate surface area is 409 Å². The summed E-state index contributed by atoms with van der Waals surface area (Å²) in [5.74, 6) is 0. The van der Waals surface area contributed by atoms with Gasteiger partial charge in [0.2, 0.25) is 0 Å². The van der Waals surface area contributed by atoms with Crippen molar-refractivity contribution in [1.82, 2.24) is 0 Å². The number of hydrogen-bond donors (Lipinski definition) is 0. The van der Waals surface area contributed by atoms with Gasteiger partial charge in [0, 0.05) is 58.5 Å². The monoisotopic (exact) mass is 972 g/mol. The van der Waals surface area contributed by atoms with Crippen LogP contribution in [0.1, 0.15) is 22.3 Å². The Morgan fingerprint density at radius 2 is 0.477 bits per heavy atom. The third-order valence-corrected chi connectivity index (χ3v) is 21.7. The fourth-order valence-corrected chi connectivity index (χ4v) is 17.4. The van der Waals surface area contributed by atoms with Crippen LogP contribution in [0.15, 0.2) is 191 Å². The Morgan fingerprint density at radius 1 is 0.231 bits per heavy atom. The molecule has 65 heavy (non-hydrogen) atoms. The fraction of sp³-hybridized carbons (Fsp3) is 0.0175. The quantitative estimate of drug-likeness (QED) is 0.142. The van der Waals surface area contributed by atoms with E-state index >= 15 is 0 Å². The maximum atomic E-state index is 2.55. The molecular formula is C57H32S8. The normalized spacial score (nSPS) is 13.0. The SMILES string of the molecule is c1csc(-c2ccc(-c3ccc4c(c3)C3(c5cc(-c6ccc(-c7cccs7)s6)ccc5-4)c4cc(-c5ccc(-c6cccs6)s5)ccc4-c4ccc(-c5ccc(-c6cccs6)s5)cc43)s2)c1. The van der Waals surface area contributed by atoms with Gasteiger partial charge in [-0.1, -0.05) is 72.8 Å². The molecule has 0 aliphatic heterocycles. The van der Waals surface area contributed by atoms with Gasteiger partial charge >= 0.3 is 0 Å². The highest BCUT2D eigenvalue weighted by Crippen LogP contribution is 2.65. The minimum Gasteiger partial charge on any atom is -0.143 e. The summed E-state index contributed by atoms with van der Waals surface area (Å²) < 4.78 is 0. The van der Waals surface area contributed by atoms with Crippen molar-refractivity contribution in [1.29, 1.82) is 0 Å². The number of hydrogen-bond acceptors (Lipinski definition) is 8. The molecule has 0 nitrogen and oxygen atoms in total. The van der Waals surface area contributed by atoms with Crippen LogP contribution in [0.4, 0.5) is 0 Å². The topological polar surface area (TPSA) is 0 Å². The van der Waals surface area contributed by atoms with Crippen LogP contribution in [0.5, 0.6) is 0 Å². The largest absolute Gasteiger partial charge is 0.143 e. The summed E-state index contributed by atoms with van der Waals surface area (Å²) in [5.41, 5.74) is 15.2. The summed E-state index contributed by atoms with van der Waals surface area (Å²) >= 11 is 14.8. The zero-order valence-electron chi connectivity index (χ0n) is 34.2. The number of fused-ring (bicyclic) bond motifs is 10. The lowest BCUT2D eigenvalue weighted by Crippen LogP contribution is -2.26. The first-order valence-electron chi connectivity index (χ1n) is 21.3. The van der Waals surface area contributed by atoms with Crippen molar-refractivity contribution >= 4 is 90.7 Å². The molecule has 1 spiro atoms. The van der Waals surface area contributed by atoms with Gasteiger partial charge in [-0.3, -0.25) is 0 Å². The van der Waals surface area contributed by atoms with Crippen molar-refractivity contribution in [3.63, 3.8) is 0 Å². The highest BCUT2D eigenvalue weighted by Gasteiger charge is 2.52. The van der Waals surface area contributed by atoms with E-state index in [2.05, 4.69) is 191 Å². The molecule has 0 fully saturated rings. The standard InChI is InChI=1S/C57H32S8/c1-5-49(58-25-1)53-21-17-45(62-53)33-9-13-37-38-14-10-34(46-18-22-54(63-46)50-6-2-26-59-50)30-42(38)57(41(37)29-33)43-31-35(47-19-23-55(64-47)51-7-3-27-60-51)11-15-39(43)40-16-12-36(32-44(40)57)48-20-24-56(65-48)52-8-4-28-61-52/h1-32H. The minimum atomic E-state index is -0.559. The van der Waals surface area contributed by atoms with Crippen molar-refractivity contribution in [3.8, 4) is 103 Å². The van der Waals surface area contributed by atoms with Gasteiger partial charge in [0.15, 0.2) is 0 Å². The van der Waals surface area contributed by atoms with E-state index in [4.69, 9.17) is 0 Å². The van der Waals surface area contributed by atoms with Crippen LogP contribution in [0.3, 0.4) is 0 Å². The minimum absolute atomic E-state index is 0.559. The van der Waals surface area contributed by atoms with Crippen LogP contribution in [0.2, 0.25) is 0 Å². The van der Waals surface area contributed by atoms with E-state index in [1.165, 1.54) is 125 Å². The molecule has 0 amide bonds. The van der Waals surface area contributed by atoms with Crippen molar-refractivity contribution in [2.45, 2.75) is 5.41 Å². The van der Waals surface area contributed by atoms with Crippen LogP contribution in [-0.4, -0.2) is 0 Å². The highest BCUT2D eigenvalue weighted by molar-refractivity contribution is 7.25. The maximum absolute atomic E-state index is 2.55. The van der Waals surface area contributed by atoms with Gasteiger partial charge in [0.1, 0.15) is 0 Å². The van der Waals surface area contributed by atoms with Gasteiger partial charge in [-0.2, -0.15) is 0 Å². The van der Waals surface area contributed by atoms with Crippen LogP contribution >= 0.6 is 90.7 Å². The van der Waals surface area contributed by atoms with E-state index in [1.807, 2.05) is 90.7 Å². The summed E-state index contributed by atoms with van der Waals surface area (Å²) in [5, 5.41) is 8.70. The Balaban J connectivity index is 1.02. The smallest absolute Gasteiger partial charge is 0.0726 e. The molecule has 8 heterocycles. The molecule has 0 bridgehead atoms. The van der Waals surface area contributed by atoms with E-state index in [0.29, 0.717) is 0 Å². The third-order valence-electron chi connectivity index (χ3n) is 12.9. The molecule has 8 aromatic heterocycles.